The second kappa shape index (κ2) is 8.52. The molecule has 0 aliphatic heterocycles. The lowest BCUT2D eigenvalue weighted by molar-refractivity contribution is 0.0260. The lowest BCUT2D eigenvalue weighted by Gasteiger charge is -2.22. The molecular formula is C16H25NO4. The molecule has 0 heterocycles. The molecule has 118 valence electrons. The van der Waals surface area contributed by atoms with Crippen molar-refractivity contribution in [2.45, 2.75) is 26.9 Å². The van der Waals surface area contributed by atoms with Crippen LogP contribution in [0.1, 0.15) is 31.1 Å². The van der Waals surface area contributed by atoms with Gasteiger partial charge in [-0.2, -0.15) is 0 Å². The Morgan fingerprint density at radius 2 is 1.76 bits per heavy atom. The van der Waals surface area contributed by atoms with E-state index in [9.17, 15) is 4.79 Å². The summed E-state index contributed by atoms with van der Waals surface area (Å²) >= 11 is 0. The van der Waals surface area contributed by atoms with Gasteiger partial charge in [-0.3, -0.25) is 0 Å². The molecule has 0 spiro atoms. The summed E-state index contributed by atoms with van der Waals surface area (Å²) in [6.07, 6.45) is -0.162. The maximum absolute atomic E-state index is 12.1. The van der Waals surface area contributed by atoms with Crippen molar-refractivity contribution in [3.05, 3.63) is 23.8 Å². The Hall–Kier alpha value is -1.75. The lowest BCUT2D eigenvalue weighted by atomic mass is 10.2. The molecule has 1 rings (SSSR count). The normalized spacial score (nSPS) is 12.1. The monoisotopic (exact) mass is 295 g/mol. The predicted molar refractivity (Wildman–Crippen MR) is 82.2 cm³/mol. The molecule has 0 aliphatic carbocycles. The van der Waals surface area contributed by atoms with Gasteiger partial charge < -0.3 is 19.1 Å². The second-order valence-corrected chi connectivity index (χ2v) is 4.77. The Morgan fingerprint density at radius 3 is 2.29 bits per heavy atom. The number of carbonyl (C=O) groups excluding carboxylic acids is 1. The minimum absolute atomic E-state index is 0.162. The molecule has 0 N–H and O–H groups in total. The van der Waals surface area contributed by atoms with Crippen molar-refractivity contribution in [2.24, 2.45) is 0 Å². The van der Waals surface area contributed by atoms with Gasteiger partial charge in [0.15, 0.2) is 11.5 Å². The molecule has 1 atom stereocenters. The summed E-state index contributed by atoms with van der Waals surface area (Å²) in [6.45, 7) is 8.69. The molecule has 0 aromatic heterocycles. The van der Waals surface area contributed by atoms with Crippen molar-refractivity contribution >= 4 is 5.97 Å². The number of carbonyl (C=O) groups is 1. The zero-order chi connectivity index (χ0) is 15.8. The first-order chi connectivity index (χ1) is 10.0. The third-order valence-corrected chi connectivity index (χ3v) is 3.34. The molecule has 1 aromatic carbocycles. The molecule has 1 aromatic rings. The van der Waals surface area contributed by atoms with Crippen LogP contribution in [0.15, 0.2) is 18.2 Å². The van der Waals surface area contributed by atoms with Crippen LogP contribution in [-0.2, 0) is 4.74 Å². The van der Waals surface area contributed by atoms with Gasteiger partial charge in [-0.05, 0) is 38.2 Å². The van der Waals surface area contributed by atoms with E-state index in [0.29, 0.717) is 17.1 Å². The van der Waals surface area contributed by atoms with Crippen molar-refractivity contribution in [3.8, 4) is 11.5 Å². The molecule has 0 bridgehead atoms. The Kier molecular flexibility index (Phi) is 7.02. The number of hydrogen-bond acceptors (Lipinski definition) is 5. The first-order valence-corrected chi connectivity index (χ1v) is 7.21. The fourth-order valence-electron chi connectivity index (χ4n) is 2.10. The van der Waals surface area contributed by atoms with Gasteiger partial charge in [0.05, 0.1) is 19.8 Å². The Labute approximate surface area is 126 Å². The van der Waals surface area contributed by atoms with Crippen molar-refractivity contribution in [3.63, 3.8) is 0 Å². The van der Waals surface area contributed by atoms with Gasteiger partial charge >= 0.3 is 5.97 Å². The molecule has 0 aliphatic rings. The van der Waals surface area contributed by atoms with E-state index in [1.165, 1.54) is 7.11 Å². The predicted octanol–water partition coefficient (Wildman–Crippen LogP) is 2.59. The van der Waals surface area contributed by atoms with E-state index in [0.717, 1.165) is 19.6 Å². The smallest absolute Gasteiger partial charge is 0.338 e. The Morgan fingerprint density at radius 1 is 1.14 bits per heavy atom. The molecule has 0 radical (unpaired) electrons. The van der Waals surface area contributed by atoms with E-state index in [4.69, 9.17) is 14.2 Å². The zero-order valence-corrected chi connectivity index (χ0v) is 13.5. The fourth-order valence-corrected chi connectivity index (χ4v) is 2.10. The Balaban J connectivity index is 2.71. The van der Waals surface area contributed by atoms with Gasteiger partial charge in [0.1, 0.15) is 6.10 Å². The van der Waals surface area contributed by atoms with Gasteiger partial charge in [-0.1, -0.05) is 13.8 Å². The average molecular weight is 295 g/mol. The van der Waals surface area contributed by atoms with Gasteiger partial charge in [0, 0.05) is 6.54 Å². The zero-order valence-electron chi connectivity index (χ0n) is 13.5. The largest absolute Gasteiger partial charge is 0.493 e. The third kappa shape index (κ3) is 4.93. The van der Waals surface area contributed by atoms with Gasteiger partial charge in [0.2, 0.25) is 0 Å². The molecule has 0 fully saturated rings. The molecule has 0 saturated carbocycles. The number of benzene rings is 1. The molecule has 0 saturated heterocycles. The Bertz CT molecular complexity index is 458. The number of nitrogens with zero attached hydrogens (tertiary/aromatic N) is 1. The second-order valence-electron chi connectivity index (χ2n) is 4.77. The van der Waals surface area contributed by atoms with E-state index in [-0.39, 0.29) is 12.1 Å². The van der Waals surface area contributed by atoms with Crippen LogP contribution in [0.25, 0.3) is 0 Å². The number of ether oxygens (including phenoxy) is 3. The van der Waals surface area contributed by atoms with Crippen LogP contribution in [0.4, 0.5) is 0 Å². The first kappa shape index (κ1) is 17.3. The van der Waals surface area contributed by atoms with Crippen LogP contribution in [-0.4, -0.2) is 50.8 Å². The quantitative estimate of drug-likeness (QED) is 0.690. The summed E-state index contributed by atoms with van der Waals surface area (Å²) < 4.78 is 15.8. The highest BCUT2D eigenvalue weighted by Crippen LogP contribution is 2.27. The topological polar surface area (TPSA) is 48.0 Å². The number of rotatable bonds is 8. The van der Waals surface area contributed by atoms with Gasteiger partial charge in [0.25, 0.3) is 0 Å². The van der Waals surface area contributed by atoms with E-state index in [1.54, 1.807) is 25.3 Å². The van der Waals surface area contributed by atoms with Gasteiger partial charge in [-0.15, -0.1) is 0 Å². The number of esters is 1. The molecular weight excluding hydrogens is 270 g/mol. The SMILES string of the molecule is CCN(CC)CC(C)OC(=O)c1ccc(OC)c(OC)c1. The lowest BCUT2D eigenvalue weighted by Crippen LogP contribution is -2.33. The molecule has 0 amide bonds. The first-order valence-electron chi connectivity index (χ1n) is 7.21. The van der Waals surface area contributed by atoms with Crippen LogP contribution in [0.3, 0.4) is 0 Å². The minimum atomic E-state index is -0.351. The third-order valence-electron chi connectivity index (χ3n) is 3.34. The van der Waals surface area contributed by atoms with E-state index in [2.05, 4.69) is 18.7 Å². The molecule has 21 heavy (non-hydrogen) atoms. The van der Waals surface area contributed by atoms with Crippen molar-refractivity contribution < 1.29 is 19.0 Å². The van der Waals surface area contributed by atoms with E-state index < -0.39 is 0 Å². The van der Waals surface area contributed by atoms with Crippen LogP contribution in [0.5, 0.6) is 11.5 Å². The van der Waals surface area contributed by atoms with Gasteiger partial charge in [-0.25, -0.2) is 4.79 Å². The highest BCUT2D eigenvalue weighted by Gasteiger charge is 2.16. The highest BCUT2D eigenvalue weighted by molar-refractivity contribution is 5.90. The summed E-state index contributed by atoms with van der Waals surface area (Å²) in [5.74, 6) is 0.754. The van der Waals surface area contributed by atoms with Crippen molar-refractivity contribution in [2.75, 3.05) is 33.9 Å². The van der Waals surface area contributed by atoms with Crippen LogP contribution in [0, 0.1) is 0 Å². The average Bonchev–Trinajstić information content (AvgIpc) is 2.51. The molecule has 1 unspecified atom stereocenters. The summed E-state index contributed by atoms with van der Waals surface area (Å²) in [7, 11) is 3.10. The summed E-state index contributed by atoms with van der Waals surface area (Å²) in [5.41, 5.74) is 0.457. The number of hydrogen-bond donors (Lipinski definition) is 0. The maximum Gasteiger partial charge on any atom is 0.338 e. The van der Waals surface area contributed by atoms with Crippen molar-refractivity contribution in [1.29, 1.82) is 0 Å². The van der Waals surface area contributed by atoms with Crippen LogP contribution < -0.4 is 9.47 Å². The van der Waals surface area contributed by atoms with Crippen LogP contribution in [0.2, 0.25) is 0 Å². The maximum atomic E-state index is 12.1. The summed E-state index contributed by atoms with van der Waals surface area (Å²) in [5, 5.41) is 0. The molecule has 5 nitrogen and oxygen atoms in total. The number of likely N-dealkylation sites (N-methyl/N-ethyl adjacent to an activating group) is 1. The standard InChI is InChI=1S/C16H25NO4/c1-6-17(7-2)11-12(3)21-16(18)13-8-9-14(19-4)15(10-13)20-5/h8-10,12H,6-7,11H2,1-5H3. The van der Waals surface area contributed by atoms with E-state index in [1.807, 2.05) is 6.92 Å². The van der Waals surface area contributed by atoms with Crippen molar-refractivity contribution in [1.82, 2.24) is 4.90 Å². The number of methoxy groups -OCH3 is 2. The summed E-state index contributed by atoms with van der Waals surface area (Å²) in [4.78, 5) is 14.4. The molecule has 5 heteroatoms. The minimum Gasteiger partial charge on any atom is -0.493 e. The summed E-state index contributed by atoms with van der Waals surface area (Å²) in [6, 6.07) is 5.00. The fraction of sp³-hybridized carbons (Fsp3) is 0.562. The van der Waals surface area contributed by atoms with Crippen LogP contribution >= 0.6 is 0 Å². The van der Waals surface area contributed by atoms with E-state index >= 15 is 0 Å². The highest BCUT2D eigenvalue weighted by atomic mass is 16.5.